The Kier molecular flexibility index (Phi) is 5.61. The van der Waals surface area contributed by atoms with Crippen LogP contribution in [-0.2, 0) is 6.42 Å². The maximum Gasteiger partial charge on any atom is 0.139 e. The molecule has 0 amide bonds. The van der Waals surface area contributed by atoms with E-state index >= 15 is 0 Å². The molecule has 4 rings (SSSR count). The van der Waals surface area contributed by atoms with Gasteiger partial charge in [-0.3, -0.25) is 9.97 Å². The number of piperazine rings is 1. The summed E-state index contributed by atoms with van der Waals surface area (Å²) in [5.41, 5.74) is 10.9. The van der Waals surface area contributed by atoms with Gasteiger partial charge in [-0.25, -0.2) is 5.43 Å². The molecule has 6 nitrogen and oxygen atoms in total. The summed E-state index contributed by atoms with van der Waals surface area (Å²) in [7, 11) is 2.16. The smallest absolute Gasteiger partial charge is 0.139 e. The minimum atomic E-state index is 0.178. The number of rotatable bonds is 4. The molecule has 142 valence electrons. The standard InChI is InChI=1S/C20H26N6S/c1-25-10-12-26(13-11-25)16-7-8-18(22-14-16)20(27)24-23-17-6-2-4-15-5-3-9-21-19(15)17/h3,5,7-9,14,17,23H,2,4,6,10-13H2,1H3,(H,24,27). The van der Waals surface area contributed by atoms with Crippen LogP contribution in [0, 0.1) is 0 Å². The molecule has 1 aliphatic heterocycles. The van der Waals surface area contributed by atoms with Crippen LogP contribution in [0.25, 0.3) is 0 Å². The fourth-order valence-corrected chi connectivity index (χ4v) is 3.92. The number of hydrogen-bond donors (Lipinski definition) is 2. The molecule has 2 aliphatic rings. The maximum absolute atomic E-state index is 5.53. The van der Waals surface area contributed by atoms with Crippen molar-refractivity contribution in [1.29, 1.82) is 0 Å². The summed E-state index contributed by atoms with van der Waals surface area (Å²) in [6, 6.07) is 8.45. The zero-order valence-electron chi connectivity index (χ0n) is 15.7. The third-order valence-electron chi connectivity index (χ3n) is 5.40. The number of fused-ring (bicyclic) bond motifs is 1. The first-order valence-electron chi connectivity index (χ1n) is 9.60. The molecule has 27 heavy (non-hydrogen) atoms. The van der Waals surface area contributed by atoms with Crippen molar-refractivity contribution in [3.8, 4) is 0 Å². The van der Waals surface area contributed by atoms with Crippen LogP contribution < -0.4 is 15.8 Å². The van der Waals surface area contributed by atoms with Gasteiger partial charge in [0.05, 0.1) is 29.3 Å². The van der Waals surface area contributed by atoms with E-state index in [1.165, 1.54) is 5.56 Å². The predicted octanol–water partition coefficient (Wildman–Crippen LogP) is 2.08. The molecule has 1 atom stereocenters. The van der Waals surface area contributed by atoms with Gasteiger partial charge in [-0.15, -0.1) is 0 Å². The van der Waals surface area contributed by atoms with E-state index < -0.39 is 0 Å². The number of aromatic nitrogens is 2. The van der Waals surface area contributed by atoms with Gasteiger partial charge in [0.1, 0.15) is 4.99 Å². The second kappa shape index (κ2) is 8.29. The molecule has 0 saturated carbocycles. The lowest BCUT2D eigenvalue weighted by Crippen LogP contribution is -2.44. The average Bonchev–Trinajstić information content (AvgIpc) is 2.72. The first-order chi connectivity index (χ1) is 13.2. The first-order valence-corrected chi connectivity index (χ1v) is 10.0. The van der Waals surface area contributed by atoms with Crippen molar-refractivity contribution >= 4 is 22.9 Å². The maximum atomic E-state index is 5.53. The molecule has 0 radical (unpaired) electrons. The van der Waals surface area contributed by atoms with E-state index in [1.54, 1.807) is 0 Å². The lowest BCUT2D eigenvalue weighted by atomic mass is 9.92. The molecule has 2 N–H and O–H groups in total. The number of anilines is 1. The predicted molar refractivity (Wildman–Crippen MR) is 112 cm³/mol. The minimum absolute atomic E-state index is 0.178. The second-order valence-corrected chi connectivity index (χ2v) is 7.69. The SMILES string of the molecule is CN1CCN(c2ccc(C(=S)NNC3CCCc4cccnc43)nc2)CC1. The molecule has 3 heterocycles. The molecular weight excluding hydrogens is 356 g/mol. The quantitative estimate of drug-likeness (QED) is 0.620. The number of hydrogen-bond acceptors (Lipinski definition) is 6. The molecule has 7 heteroatoms. The van der Waals surface area contributed by atoms with Gasteiger partial charge in [-0.05, 0) is 50.1 Å². The minimum Gasteiger partial charge on any atom is -0.368 e. The van der Waals surface area contributed by atoms with Gasteiger partial charge < -0.3 is 15.2 Å². The lowest BCUT2D eigenvalue weighted by Gasteiger charge is -2.33. The third kappa shape index (κ3) is 4.26. The summed E-state index contributed by atoms with van der Waals surface area (Å²) in [6.45, 7) is 4.25. The van der Waals surface area contributed by atoms with Gasteiger partial charge in [0.2, 0.25) is 0 Å². The summed E-state index contributed by atoms with van der Waals surface area (Å²) in [6.07, 6.45) is 7.08. The molecule has 1 unspecified atom stereocenters. The zero-order chi connectivity index (χ0) is 18.6. The Morgan fingerprint density at radius 2 is 2.00 bits per heavy atom. The lowest BCUT2D eigenvalue weighted by molar-refractivity contribution is 0.313. The monoisotopic (exact) mass is 382 g/mol. The van der Waals surface area contributed by atoms with Crippen LogP contribution in [0.3, 0.4) is 0 Å². The highest BCUT2D eigenvalue weighted by molar-refractivity contribution is 7.80. The Labute approximate surface area is 166 Å². The Hall–Kier alpha value is -2.09. The first kappa shape index (κ1) is 18.3. The fraction of sp³-hybridized carbons (Fsp3) is 0.450. The summed E-state index contributed by atoms with van der Waals surface area (Å²) in [5, 5.41) is 0. The van der Waals surface area contributed by atoms with Crippen molar-refractivity contribution < 1.29 is 0 Å². The van der Waals surface area contributed by atoms with Crippen molar-refractivity contribution in [2.45, 2.75) is 25.3 Å². The molecule has 2 aromatic heterocycles. The summed E-state index contributed by atoms with van der Waals surface area (Å²) >= 11 is 5.53. The number of likely N-dealkylation sites (N-methyl/N-ethyl adjacent to an activating group) is 1. The molecule has 1 fully saturated rings. The number of aryl methyl sites for hydroxylation is 1. The molecule has 1 saturated heterocycles. The van der Waals surface area contributed by atoms with E-state index in [9.17, 15) is 0 Å². The average molecular weight is 383 g/mol. The molecule has 0 bridgehead atoms. The molecule has 1 aliphatic carbocycles. The van der Waals surface area contributed by atoms with Crippen molar-refractivity contribution in [1.82, 2.24) is 25.7 Å². The van der Waals surface area contributed by atoms with E-state index in [0.717, 1.165) is 62.5 Å². The van der Waals surface area contributed by atoms with Crippen LogP contribution in [0.15, 0.2) is 36.7 Å². The highest BCUT2D eigenvalue weighted by Crippen LogP contribution is 2.27. The van der Waals surface area contributed by atoms with Crippen LogP contribution in [0.4, 0.5) is 5.69 Å². The van der Waals surface area contributed by atoms with Gasteiger partial charge in [0, 0.05) is 32.4 Å². The third-order valence-corrected chi connectivity index (χ3v) is 5.72. The Morgan fingerprint density at radius 3 is 2.78 bits per heavy atom. The highest BCUT2D eigenvalue weighted by Gasteiger charge is 2.21. The van der Waals surface area contributed by atoms with Crippen molar-refractivity contribution in [2.24, 2.45) is 0 Å². The van der Waals surface area contributed by atoms with Gasteiger partial charge in [-0.1, -0.05) is 18.3 Å². The van der Waals surface area contributed by atoms with Gasteiger partial charge in [0.15, 0.2) is 0 Å². The van der Waals surface area contributed by atoms with Gasteiger partial charge in [0.25, 0.3) is 0 Å². The molecule has 0 aromatic carbocycles. The second-order valence-electron chi connectivity index (χ2n) is 7.28. The van der Waals surface area contributed by atoms with E-state index in [4.69, 9.17) is 12.2 Å². The van der Waals surface area contributed by atoms with Crippen LogP contribution in [-0.4, -0.2) is 53.1 Å². The molecular formula is C20H26N6S. The number of nitrogens with one attached hydrogen (secondary N) is 2. The van der Waals surface area contributed by atoms with E-state index in [-0.39, 0.29) is 6.04 Å². The zero-order valence-corrected chi connectivity index (χ0v) is 16.5. The summed E-state index contributed by atoms with van der Waals surface area (Å²) in [5.74, 6) is 0. The van der Waals surface area contributed by atoms with Crippen molar-refractivity contribution in [3.63, 3.8) is 0 Å². The largest absolute Gasteiger partial charge is 0.368 e. The normalized spacial score (nSPS) is 20.2. The Balaban J connectivity index is 1.35. The highest BCUT2D eigenvalue weighted by atomic mass is 32.1. The van der Waals surface area contributed by atoms with Gasteiger partial charge >= 0.3 is 0 Å². The van der Waals surface area contributed by atoms with E-state index in [2.05, 4.69) is 49.8 Å². The fourth-order valence-electron chi connectivity index (χ4n) is 3.74. The van der Waals surface area contributed by atoms with Crippen molar-refractivity contribution in [3.05, 3.63) is 53.6 Å². The number of hydrazine groups is 1. The van der Waals surface area contributed by atoms with Crippen LogP contribution in [0.2, 0.25) is 0 Å². The molecule has 0 spiro atoms. The van der Waals surface area contributed by atoms with Crippen LogP contribution >= 0.6 is 12.2 Å². The van der Waals surface area contributed by atoms with Crippen LogP contribution in [0.1, 0.15) is 35.8 Å². The van der Waals surface area contributed by atoms with E-state index in [0.29, 0.717) is 4.99 Å². The Morgan fingerprint density at radius 1 is 1.15 bits per heavy atom. The topological polar surface area (TPSA) is 56.3 Å². The number of thiocarbonyl (C=S) groups is 1. The van der Waals surface area contributed by atoms with Crippen molar-refractivity contribution in [2.75, 3.05) is 38.1 Å². The summed E-state index contributed by atoms with van der Waals surface area (Å²) < 4.78 is 0. The Bertz CT molecular complexity index is 785. The summed E-state index contributed by atoms with van der Waals surface area (Å²) in [4.78, 5) is 14.4. The van der Waals surface area contributed by atoms with E-state index in [1.807, 2.05) is 24.5 Å². The van der Waals surface area contributed by atoms with Crippen LogP contribution in [0.5, 0.6) is 0 Å². The number of nitrogens with zero attached hydrogens (tertiary/aromatic N) is 4. The molecule has 2 aromatic rings. The van der Waals surface area contributed by atoms with Gasteiger partial charge in [-0.2, -0.15) is 0 Å². The number of pyridine rings is 2.